The molecule has 4 heteroatoms. The highest BCUT2D eigenvalue weighted by Crippen LogP contribution is 2.20. The summed E-state index contributed by atoms with van der Waals surface area (Å²) in [5.41, 5.74) is 0.757. The maximum absolute atomic E-state index is 12.1. The predicted octanol–water partition coefficient (Wildman–Crippen LogP) is 3.14. The van der Waals surface area contributed by atoms with Crippen molar-refractivity contribution in [3.63, 3.8) is 0 Å². The van der Waals surface area contributed by atoms with E-state index in [1.54, 1.807) is 24.1 Å². The van der Waals surface area contributed by atoms with Crippen LogP contribution in [0.1, 0.15) is 5.56 Å². The molecule has 1 amide bonds. The van der Waals surface area contributed by atoms with Gasteiger partial charge < -0.3 is 10.0 Å². The van der Waals surface area contributed by atoms with Crippen LogP contribution in [-0.2, 0) is 11.3 Å². The molecule has 1 N–H and O–H groups in total. The van der Waals surface area contributed by atoms with Crippen molar-refractivity contribution in [2.45, 2.75) is 11.4 Å². The number of phenolic OH excluding ortho intramolecular Hbond substituents is 1. The number of nitrogens with zero attached hydrogens (tertiary/aromatic N) is 1. The van der Waals surface area contributed by atoms with Crippen LogP contribution in [0.25, 0.3) is 0 Å². The van der Waals surface area contributed by atoms with Crippen molar-refractivity contribution < 1.29 is 9.90 Å². The Morgan fingerprint density at radius 2 is 1.75 bits per heavy atom. The lowest BCUT2D eigenvalue weighted by atomic mass is 10.2. The molecule has 0 bridgehead atoms. The van der Waals surface area contributed by atoms with Crippen LogP contribution in [0.3, 0.4) is 0 Å². The number of thioether (sulfide) groups is 1. The summed E-state index contributed by atoms with van der Waals surface area (Å²) in [5, 5.41) is 9.71. The molecule has 3 nitrogen and oxygen atoms in total. The number of hydrogen-bond acceptors (Lipinski definition) is 3. The Hall–Kier alpha value is -1.94. The number of carbonyl (C=O) groups excluding carboxylic acids is 1. The van der Waals surface area contributed by atoms with Gasteiger partial charge in [-0.1, -0.05) is 36.4 Å². The van der Waals surface area contributed by atoms with Gasteiger partial charge in [-0.3, -0.25) is 4.79 Å². The van der Waals surface area contributed by atoms with E-state index in [-0.39, 0.29) is 11.7 Å². The zero-order chi connectivity index (χ0) is 14.4. The van der Waals surface area contributed by atoms with Gasteiger partial charge in [0.05, 0.1) is 5.75 Å². The smallest absolute Gasteiger partial charge is 0.232 e. The fourth-order valence-electron chi connectivity index (χ4n) is 1.76. The molecule has 0 aliphatic heterocycles. The lowest BCUT2D eigenvalue weighted by Crippen LogP contribution is -2.27. The lowest BCUT2D eigenvalue weighted by molar-refractivity contribution is -0.127. The Morgan fingerprint density at radius 1 is 1.10 bits per heavy atom. The summed E-state index contributed by atoms with van der Waals surface area (Å²) in [5.74, 6) is 0.665. The number of rotatable bonds is 5. The lowest BCUT2D eigenvalue weighted by Gasteiger charge is -2.17. The van der Waals surface area contributed by atoms with Crippen molar-refractivity contribution in [2.24, 2.45) is 0 Å². The van der Waals surface area contributed by atoms with Crippen molar-refractivity contribution in [1.29, 1.82) is 0 Å². The Labute approximate surface area is 123 Å². The zero-order valence-electron chi connectivity index (χ0n) is 11.3. The van der Waals surface area contributed by atoms with Gasteiger partial charge in [-0.2, -0.15) is 0 Å². The van der Waals surface area contributed by atoms with Gasteiger partial charge in [0.15, 0.2) is 0 Å². The van der Waals surface area contributed by atoms with E-state index in [0.717, 1.165) is 10.5 Å². The summed E-state index contributed by atoms with van der Waals surface area (Å²) >= 11 is 1.52. The molecule has 0 heterocycles. The van der Waals surface area contributed by atoms with Crippen LogP contribution in [0.15, 0.2) is 59.5 Å². The molecule has 0 fully saturated rings. The number of amides is 1. The minimum absolute atomic E-state index is 0.0436. The van der Waals surface area contributed by atoms with Gasteiger partial charge in [-0.15, -0.1) is 11.8 Å². The minimum atomic E-state index is 0.0436. The number of aromatic hydroxyl groups is 1. The average molecular weight is 287 g/mol. The molecule has 0 radical (unpaired) electrons. The number of benzene rings is 2. The summed E-state index contributed by atoms with van der Waals surface area (Å²) < 4.78 is 0. The quantitative estimate of drug-likeness (QED) is 0.859. The third-order valence-corrected chi connectivity index (χ3v) is 3.93. The molecule has 2 aromatic rings. The third-order valence-electron chi connectivity index (χ3n) is 2.93. The molecular weight excluding hydrogens is 270 g/mol. The SMILES string of the molecule is CN(Cc1ccccc1O)C(=O)CSc1ccccc1. The first-order chi connectivity index (χ1) is 9.66. The monoisotopic (exact) mass is 287 g/mol. The summed E-state index contributed by atoms with van der Waals surface area (Å²) in [6.45, 7) is 0.418. The van der Waals surface area contributed by atoms with Crippen molar-refractivity contribution in [3.8, 4) is 5.75 Å². The van der Waals surface area contributed by atoms with Crippen molar-refractivity contribution in [3.05, 3.63) is 60.2 Å². The van der Waals surface area contributed by atoms with Crippen LogP contribution in [0.2, 0.25) is 0 Å². The van der Waals surface area contributed by atoms with E-state index in [0.29, 0.717) is 12.3 Å². The second-order valence-corrected chi connectivity index (χ2v) is 5.53. The number of para-hydroxylation sites is 1. The van der Waals surface area contributed by atoms with Gasteiger partial charge in [-0.05, 0) is 18.2 Å². The molecule has 0 spiro atoms. The first-order valence-electron chi connectivity index (χ1n) is 6.35. The third kappa shape index (κ3) is 4.03. The number of phenols is 1. The van der Waals surface area contributed by atoms with E-state index in [4.69, 9.17) is 0 Å². The van der Waals surface area contributed by atoms with E-state index in [9.17, 15) is 9.90 Å². The molecule has 0 atom stereocenters. The van der Waals surface area contributed by atoms with Gasteiger partial charge >= 0.3 is 0 Å². The van der Waals surface area contributed by atoms with Crippen LogP contribution >= 0.6 is 11.8 Å². The maximum Gasteiger partial charge on any atom is 0.232 e. The fourth-order valence-corrected chi connectivity index (χ4v) is 2.62. The Balaban J connectivity index is 1.88. The number of carbonyl (C=O) groups is 1. The highest BCUT2D eigenvalue weighted by atomic mass is 32.2. The normalized spacial score (nSPS) is 10.2. The summed E-state index contributed by atoms with van der Waals surface area (Å²) in [7, 11) is 1.75. The summed E-state index contributed by atoms with van der Waals surface area (Å²) in [4.78, 5) is 14.8. The summed E-state index contributed by atoms with van der Waals surface area (Å²) in [6, 6.07) is 16.9. The fraction of sp³-hybridized carbons (Fsp3) is 0.188. The van der Waals surface area contributed by atoms with E-state index >= 15 is 0 Å². The highest BCUT2D eigenvalue weighted by molar-refractivity contribution is 8.00. The predicted molar refractivity (Wildman–Crippen MR) is 81.7 cm³/mol. The van der Waals surface area contributed by atoms with E-state index in [1.165, 1.54) is 11.8 Å². The first-order valence-corrected chi connectivity index (χ1v) is 7.34. The minimum Gasteiger partial charge on any atom is -0.508 e. The van der Waals surface area contributed by atoms with Crippen molar-refractivity contribution >= 4 is 17.7 Å². The molecule has 0 aliphatic carbocycles. The molecule has 2 rings (SSSR count). The van der Waals surface area contributed by atoms with Crippen LogP contribution in [-0.4, -0.2) is 28.7 Å². The molecule has 0 aromatic heterocycles. The second kappa shape index (κ2) is 7.01. The molecule has 0 saturated heterocycles. The standard InChI is InChI=1S/C16H17NO2S/c1-17(11-13-7-5-6-10-15(13)18)16(19)12-20-14-8-3-2-4-9-14/h2-10,18H,11-12H2,1H3. The topological polar surface area (TPSA) is 40.5 Å². The summed E-state index contributed by atoms with van der Waals surface area (Å²) in [6.07, 6.45) is 0. The van der Waals surface area contributed by atoms with Gasteiger partial charge in [0, 0.05) is 24.1 Å². The Kier molecular flexibility index (Phi) is 5.07. The van der Waals surface area contributed by atoms with E-state index < -0.39 is 0 Å². The van der Waals surface area contributed by atoms with Crippen LogP contribution in [0, 0.1) is 0 Å². The highest BCUT2D eigenvalue weighted by Gasteiger charge is 2.11. The van der Waals surface area contributed by atoms with Crippen molar-refractivity contribution in [1.82, 2.24) is 4.90 Å². The van der Waals surface area contributed by atoms with Crippen LogP contribution in [0.5, 0.6) is 5.75 Å². The largest absolute Gasteiger partial charge is 0.508 e. The van der Waals surface area contributed by atoms with Gasteiger partial charge in [-0.25, -0.2) is 0 Å². The van der Waals surface area contributed by atoms with Crippen LogP contribution in [0.4, 0.5) is 0 Å². The average Bonchev–Trinajstić information content (AvgIpc) is 2.48. The first kappa shape index (κ1) is 14.5. The van der Waals surface area contributed by atoms with E-state index in [1.807, 2.05) is 42.5 Å². The Morgan fingerprint density at radius 3 is 2.45 bits per heavy atom. The Bertz CT molecular complexity index is 572. The molecular formula is C16H17NO2S. The van der Waals surface area contributed by atoms with Gasteiger partial charge in [0.25, 0.3) is 0 Å². The van der Waals surface area contributed by atoms with Gasteiger partial charge in [0.2, 0.25) is 5.91 Å². The maximum atomic E-state index is 12.1. The van der Waals surface area contributed by atoms with Crippen molar-refractivity contribution in [2.75, 3.05) is 12.8 Å². The molecule has 2 aromatic carbocycles. The molecule has 0 aliphatic rings. The molecule has 0 saturated carbocycles. The van der Waals surface area contributed by atoms with E-state index in [2.05, 4.69) is 0 Å². The van der Waals surface area contributed by atoms with Gasteiger partial charge in [0.1, 0.15) is 5.75 Å². The molecule has 0 unspecified atom stereocenters. The van der Waals surface area contributed by atoms with Crippen LogP contribution < -0.4 is 0 Å². The molecule has 104 valence electrons. The zero-order valence-corrected chi connectivity index (χ0v) is 12.1. The molecule has 20 heavy (non-hydrogen) atoms. The number of hydrogen-bond donors (Lipinski definition) is 1. The second-order valence-electron chi connectivity index (χ2n) is 4.48.